The lowest BCUT2D eigenvalue weighted by molar-refractivity contribution is -0.119. The van der Waals surface area contributed by atoms with Crippen LogP contribution in [-0.2, 0) is 4.79 Å². The minimum Gasteiger partial charge on any atom is -0.496 e. The largest absolute Gasteiger partial charge is 0.496 e. The number of aryl methyl sites for hydroxylation is 1. The number of benzene rings is 2. The maximum absolute atomic E-state index is 11.8. The highest BCUT2D eigenvalue weighted by molar-refractivity contribution is 14.1. The molecule has 2 aromatic carbocycles. The number of ether oxygens (including phenoxy) is 1. The van der Waals surface area contributed by atoms with Gasteiger partial charge in [-0.05, 0) is 64.9 Å². The fraction of sp³-hybridized carbons (Fsp3) is 0.176. The minimum atomic E-state index is -0.201. The van der Waals surface area contributed by atoms with Crippen molar-refractivity contribution in [1.82, 2.24) is 5.43 Å². The van der Waals surface area contributed by atoms with E-state index in [0.717, 1.165) is 26.1 Å². The van der Waals surface area contributed by atoms with E-state index < -0.39 is 0 Å². The van der Waals surface area contributed by atoms with Gasteiger partial charge in [0.1, 0.15) is 5.75 Å². The van der Waals surface area contributed by atoms with Gasteiger partial charge in [-0.2, -0.15) is 5.10 Å². The van der Waals surface area contributed by atoms with Crippen molar-refractivity contribution in [1.29, 1.82) is 0 Å². The highest BCUT2D eigenvalue weighted by Crippen LogP contribution is 2.20. The Morgan fingerprint density at radius 2 is 2.09 bits per heavy atom. The summed E-state index contributed by atoms with van der Waals surface area (Å²) in [5.41, 5.74) is 5.43. The predicted molar refractivity (Wildman–Crippen MR) is 101 cm³/mol. The summed E-state index contributed by atoms with van der Waals surface area (Å²) in [5, 5.41) is 7.05. The van der Waals surface area contributed by atoms with Gasteiger partial charge in [-0.1, -0.05) is 18.2 Å². The Bertz CT molecular complexity index is 717. The van der Waals surface area contributed by atoms with Crippen molar-refractivity contribution in [2.45, 2.75) is 6.92 Å². The van der Waals surface area contributed by atoms with Gasteiger partial charge in [-0.25, -0.2) is 5.43 Å². The number of nitrogens with one attached hydrogen (secondary N) is 2. The van der Waals surface area contributed by atoms with Crippen LogP contribution in [0.4, 0.5) is 5.69 Å². The number of nitrogens with zero attached hydrogens (tertiary/aromatic N) is 1. The van der Waals surface area contributed by atoms with E-state index in [0.29, 0.717) is 0 Å². The Morgan fingerprint density at radius 3 is 2.78 bits per heavy atom. The molecule has 0 aliphatic carbocycles. The van der Waals surface area contributed by atoms with Gasteiger partial charge in [0.05, 0.1) is 23.4 Å². The number of rotatable bonds is 6. The molecule has 5 nitrogen and oxygen atoms in total. The molecular formula is C17H18IN3O2. The smallest absolute Gasteiger partial charge is 0.259 e. The van der Waals surface area contributed by atoms with E-state index in [2.05, 4.69) is 38.4 Å². The van der Waals surface area contributed by atoms with Gasteiger partial charge in [0, 0.05) is 5.69 Å². The van der Waals surface area contributed by atoms with E-state index in [1.165, 1.54) is 0 Å². The van der Waals surface area contributed by atoms with E-state index in [9.17, 15) is 4.79 Å². The number of halogens is 1. The van der Waals surface area contributed by atoms with E-state index in [4.69, 9.17) is 4.74 Å². The van der Waals surface area contributed by atoms with E-state index >= 15 is 0 Å². The van der Waals surface area contributed by atoms with Crippen LogP contribution in [0.3, 0.4) is 0 Å². The topological polar surface area (TPSA) is 62.7 Å². The molecule has 0 saturated heterocycles. The molecule has 0 fully saturated rings. The lowest BCUT2D eigenvalue weighted by Crippen LogP contribution is -2.26. The van der Waals surface area contributed by atoms with Crippen LogP contribution < -0.4 is 15.5 Å². The third-order valence-corrected chi connectivity index (χ3v) is 4.01. The summed E-state index contributed by atoms with van der Waals surface area (Å²) >= 11 is 2.19. The van der Waals surface area contributed by atoms with Gasteiger partial charge in [0.15, 0.2) is 0 Å². The van der Waals surface area contributed by atoms with E-state index in [1.54, 1.807) is 13.3 Å². The summed E-state index contributed by atoms with van der Waals surface area (Å²) in [6.07, 6.45) is 1.60. The van der Waals surface area contributed by atoms with Gasteiger partial charge >= 0.3 is 0 Å². The van der Waals surface area contributed by atoms with E-state index in [-0.39, 0.29) is 12.5 Å². The molecule has 120 valence electrons. The van der Waals surface area contributed by atoms with Crippen molar-refractivity contribution in [2.24, 2.45) is 5.10 Å². The Balaban J connectivity index is 1.84. The number of hydrazone groups is 1. The first kappa shape index (κ1) is 17.3. The zero-order valence-electron chi connectivity index (χ0n) is 13.0. The quantitative estimate of drug-likeness (QED) is 0.426. The number of hydrogen-bond donors (Lipinski definition) is 2. The Hall–Kier alpha value is -2.09. The Kier molecular flexibility index (Phi) is 6.40. The van der Waals surface area contributed by atoms with E-state index in [1.807, 2.05) is 49.4 Å². The molecule has 1 amide bonds. The van der Waals surface area contributed by atoms with Gasteiger partial charge in [0.2, 0.25) is 0 Å². The zero-order valence-corrected chi connectivity index (χ0v) is 15.1. The summed E-state index contributed by atoms with van der Waals surface area (Å²) in [6, 6.07) is 13.5. The molecule has 0 bridgehead atoms. The Labute approximate surface area is 149 Å². The van der Waals surface area contributed by atoms with Gasteiger partial charge in [-0.3, -0.25) is 4.79 Å². The summed E-state index contributed by atoms with van der Waals surface area (Å²) in [7, 11) is 1.63. The number of hydrogen-bond acceptors (Lipinski definition) is 4. The summed E-state index contributed by atoms with van der Waals surface area (Å²) in [5.74, 6) is 0.613. The fourth-order valence-electron chi connectivity index (χ4n) is 1.93. The summed E-state index contributed by atoms with van der Waals surface area (Å²) < 4.78 is 6.18. The monoisotopic (exact) mass is 423 g/mol. The van der Waals surface area contributed by atoms with Crippen molar-refractivity contribution < 1.29 is 9.53 Å². The highest BCUT2D eigenvalue weighted by Gasteiger charge is 2.02. The van der Waals surface area contributed by atoms with Crippen LogP contribution in [-0.4, -0.2) is 25.8 Å². The van der Waals surface area contributed by atoms with Crippen LogP contribution in [0.1, 0.15) is 11.1 Å². The van der Waals surface area contributed by atoms with Gasteiger partial charge < -0.3 is 10.1 Å². The highest BCUT2D eigenvalue weighted by atomic mass is 127. The third-order valence-electron chi connectivity index (χ3n) is 3.16. The van der Waals surface area contributed by atoms with Crippen LogP contribution in [0.2, 0.25) is 0 Å². The number of anilines is 1. The molecular weight excluding hydrogens is 405 g/mol. The molecule has 0 aliphatic heterocycles. The molecule has 0 unspecified atom stereocenters. The lowest BCUT2D eigenvalue weighted by Gasteiger charge is -2.07. The number of carbonyl (C=O) groups excluding carboxylic acids is 1. The van der Waals surface area contributed by atoms with Crippen molar-refractivity contribution in [2.75, 3.05) is 19.0 Å². The molecule has 23 heavy (non-hydrogen) atoms. The standard InChI is InChI=1S/C17H18IN3O2/c1-12-5-3-4-6-15(12)19-11-17(22)21-20-10-13-7-8-16(23-2)14(18)9-13/h3-10,19H,11H2,1-2H3,(H,21,22)/b20-10-. The van der Waals surface area contributed by atoms with Crippen LogP contribution in [0.15, 0.2) is 47.6 Å². The average Bonchev–Trinajstić information content (AvgIpc) is 2.54. The molecule has 2 rings (SSSR count). The van der Waals surface area contributed by atoms with Crippen LogP contribution >= 0.6 is 22.6 Å². The van der Waals surface area contributed by atoms with Crippen LogP contribution in [0.5, 0.6) is 5.75 Å². The second kappa shape index (κ2) is 8.52. The maximum Gasteiger partial charge on any atom is 0.259 e. The molecule has 0 heterocycles. The number of para-hydroxylation sites is 1. The molecule has 0 radical (unpaired) electrons. The normalized spacial score (nSPS) is 10.6. The predicted octanol–water partition coefficient (Wildman–Crippen LogP) is 3.17. The minimum absolute atomic E-state index is 0.169. The molecule has 0 aliphatic rings. The first-order chi connectivity index (χ1) is 11.1. The average molecular weight is 423 g/mol. The zero-order chi connectivity index (χ0) is 16.7. The molecule has 2 N–H and O–H groups in total. The van der Waals surface area contributed by atoms with Gasteiger partial charge in [0.25, 0.3) is 5.91 Å². The molecule has 0 aromatic heterocycles. The summed E-state index contributed by atoms with van der Waals surface area (Å²) in [6.45, 7) is 2.16. The SMILES string of the molecule is COc1ccc(/C=N\NC(=O)CNc2ccccc2C)cc1I. The van der Waals surface area contributed by atoms with Crippen LogP contribution in [0, 0.1) is 10.5 Å². The lowest BCUT2D eigenvalue weighted by atomic mass is 10.2. The maximum atomic E-state index is 11.8. The van der Waals surface area contributed by atoms with Crippen molar-refractivity contribution >= 4 is 40.4 Å². The van der Waals surface area contributed by atoms with Gasteiger partial charge in [-0.15, -0.1) is 0 Å². The summed E-state index contributed by atoms with van der Waals surface area (Å²) in [4.78, 5) is 11.8. The van der Waals surface area contributed by atoms with Crippen molar-refractivity contribution in [3.05, 3.63) is 57.2 Å². The number of amides is 1. The number of methoxy groups -OCH3 is 1. The molecule has 0 spiro atoms. The molecule has 0 saturated carbocycles. The first-order valence-corrected chi connectivity index (χ1v) is 8.13. The number of carbonyl (C=O) groups is 1. The Morgan fingerprint density at radius 1 is 1.30 bits per heavy atom. The first-order valence-electron chi connectivity index (χ1n) is 7.05. The molecule has 2 aromatic rings. The van der Waals surface area contributed by atoms with Crippen molar-refractivity contribution in [3.8, 4) is 5.75 Å². The van der Waals surface area contributed by atoms with Crippen LogP contribution in [0.25, 0.3) is 0 Å². The molecule has 6 heteroatoms. The molecule has 0 atom stereocenters. The second-order valence-corrected chi connectivity index (χ2v) is 6.02. The third kappa shape index (κ3) is 5.24. The van der Waals surface area contributed by atoms with Crippen molar-refractivity contribution in [3.63, 3.8) is 0 Å². The fourth-order valence-corrected chi connectivity index (χ4v) is 2.69. The second-order valence-electron chi connectivity index (χ2n) is 4.86.